The number of thioether (sulfide) groups is 2. The number of furan rings is 1. The van der Waals surface area contributed by atoms with Crippen LogP contribution in [0.15, 0.2) is 39.7 Å². The minimum absolute atomic E-state index is 0.0549. The second-order valence-electron chi connectivity index (χ2n) is 5.73. The minimum atomic E-state index is -0.555. The fourth-order valence-electron chi connectivity index (χ4n) is 2.52. The summed E-state index contributed by atoms with van der Waals surface area (Å²) in [7, 11) is 1.29. The summed E-state index contributed by atoms with van der Waals surface area (Å²) in [5.74, 6) is 1.20. The molecule has 1 aromatic heterocycles. The summed E-state index contributed by atoms with van der Waals surface area (Å²) >= 11 is 3.37. The molecule has 0 unspecified atom stereocenters. The Morgan fingerprint density at radius 2 is 2.11 bits per heavy atom. The monoisotopic (exact) mass is 405 g/mol. The van der Waals surface area contributed by atoms with Gasteiger partial charge in [-0.15, -0.1) is 0 Å². The molecule has 0 N–H and O–H groups in total. The summed E-state index contributed by atoms with van der Waals surface area (Å²) in [6, 6.07) is 9.02. The maximum atomic E-state index is 12.5. The van der Waals surface area contributed by atoms with Crippen molar-refractivity contribution in [3.8, 4) is 0 Å². The van der Waals surface area contributed by atoms with Crippen LogP contribution < -0.4 is 0 Å². The van der Waals surface area contributed by atoms with Gasteiger partial charge in [0, 0.05) is 17.1 Å². The van der Waals surface area contributed by atoms with Crippen molar-refractivity contribution in [2.45, 2.75) is 19.3 Å². The summed E-state index contributed by atoms with van der Waals surface area (Å²) in [6.07, 6.45) is 0. The zero-order chi connectivity index (χ0) is 19.2. The Morgan fingerprint density at radius 3 is 2.85 bits per heavy atom. The highest BCUT2D eigenvalue weighted by Crippen LogP contribution is 2.27. The van der Waals surface area contributed by atoms with Crippen LogP contribution in [0, 0.1) is 6.92 Å². The number of hydrogen-bond donors (Lipinski definition) is 0. The molecule has 1 aliphatic rings. The third-order valence-electron chi connectivity index (χ3n) is 3.83. The van der Waals surface area contributed by atoms with E-state index in [1.54, 1.807) is 48.6 Å². The van der Waals surface area contributed by atoms with Crippen molar-refractivity contribution in [1.82, 2.24) is 0 Å². The van der Waals surface area contributed by atoms with E-state index in [0.29, 0.717) is 22.6 Å². The first-order valence-corrected chi connectivity index (χ1v) is 10.3. The Balaban J connectivity index is 1.63. The number of carbonyl (C=O) groups is 2. The van der Waals surface area contributed by atoms with Gasteiger partial charge in [-0.2, -0.15) is 0 Å². The lowest BCUT2D eigenvalue weighted by Crippen LogP contribution is -2.08. The lowest BCUT2D eigenvalue weighted by atomic mass is 10.1. The van der Waals surface area contributed by atoms with E-state index < -0.39 is 11.9 Å². The van der Waals surface area contributed by atoms with Gasteiger partial charge in [-0.3, -0.25) is 4.99 Å². The number of ether oxygens (including phenoxy) is 2. The van der Waals surface area contributed by atoms with Crippen LogP contribution in [0.25, 0.3) is 0 Å². The van der Waals surface area contributed by atoms with Crippen molar-refractivity contribution in [1.29, 1.82) is 0 Å². The van der Waals surface area contributed by atoms with Crippen molar-refractivity contribution in [3.05, 3.63) is 58.5 Å². The van der Waals surface area contributed by atoms with Crippen LogP contribution in [-0.4, -0.2) is 35.7 Å². The van der Waals surface area contributed by atoms with E-state index in [2.05, 4.69) is 9.73 Å². The first-order chi connectivity index (χ1) is 13.1. The highest BCUT2D eigenvalue weighted by molar-refractivity contribution is 8.38. The number of hydrogen-bond acceptors (Lipinski definition) is 8. The molecule has 0 atom stereocenters. The molecule has 1 aromatic carbocycles. The highest BCUT2D eigenvalue weighted by atomic mass is 32.2. The number of aryl methyl sites for hydroxylation is 1. The number of rotatable bonds is 6. The number of benzene rings is 1. The molecule has 0 spiro atoms. The molecule has 0 amide bonds. The highest BCUT2D eigenvalue weighted by Gasteiger charge is 2.18. The third kappa shape index (κ3) is 4.95. The quantitative estimate of drug-likeness (QED) is 0.671. The summed E-state index contributed by atoms with van der Waals surface area (Å²) in [6.45, 7) is 2.53. The molecule has 2 aromatic rings. The average Bonchev–Trinajstić information content (AvgIpc) is 3.33. The average molecular weight is 405 g/mol. The Labute approximate surface area is 165 Å². The largest absolute Gasteiger partial charge is 0.463 e. The molecular weight excluding hydrogens is 386 g/mol. The molecule has 8 heteroatoms. The molecule has 6 nitrogen and oxygen atoms in total. The van der Waals surface area contributed by atoms with Gasteiger partial charge >= 0.3 is 11.9 Å². The molecule has 142 valence electrons. The fourth-order valence-corrected chi connectivity index (χ4v) is 4.53. The van der Waals surface area contributed by atoms with Crippen LogP contribution >= 0.6 is 23.5 Å². The molecule has 1 aliphatic heterocycles. The molecule has 0 aliphatic carbocycles. The van der Waals surface area contributed by atoms with Crippen LogP contribution in [0.5, 0.6) is 0 Å². The van der Waals surface area contributed by atoms with Gasteiger partial charge in [0.25, 0.3) is 0 Å². The molecule has 0 fully saturated rings. The van der Waals surface area contributed by atoms with Gasteiger partial charge in [-0.05, 0) is 24.6 Å². The maximum absolute atomic E-state index is 12.5. The number of carbonyl (C=O) groups excluding carboxylic acids is 2. The zero-order valence-corrected chi connectivity index (χ0v) is 16.7. The Bertz CT molecular complexity index is 875. The van der Waals surface area contributed by atoms with Crippen molar-refractivity contribution in [2.24, 2.45) is 4.99 Å². The SMILES string of the molecule is COC(=O)c1oc(COC(=O)c2ccccc2CSC2=NCCS2)cc1C. The second kappa shape index (κ2) is 9.14. The van der Waals surface area contributed by atoms with Crippen LogP contribution in [0.3, 0.4) is 0 Å². The number of methoxy groups -OCH3 is 1. The van der Waals surface area contributed by atoms with E-state index in [4.69, 9.17) is 9.15 Å². The summed E-state index contributed by atoms with van der Waals surface area (Å²) in [4.78, 5) is 28.5. The van der Waals surface area contributed by atoms with Crippen LogP contribution in [-0.2, 0) is 21.8 Å². The molecule has 2 heterocycles. The van der Waals surface area contributed by atoms with Gasteiger partial charge in [0.2, 0.25) is 5.76 Å². The van der Waals surface area contributed by atoms with Gasteiger partial charge in [0.1, 0.15) is 16.7 Å². The predicted molar refractivity (Wildman–Crippen MR) is 106 cm³/mol. The minimum Gasteiger partial charge on any atom is -0.463 e. The predicted octanol–water partition coefficient (Wildman–Crippen LogP) is 4.07. The molecule has 27 heavy (non-hydrogen) atoms. The second-order valence-corrected chi connectivity index (χ2v) is 8.04. The Kier molecular flexibility index (Phi) is 6.63. The molecule has 0 radical (unpaired) electrons. The van der Waals surface area contributed by atoms with Gasteiger partial charge in [-0.25, -0.2) is 9.59 Å². The lowest BCUT2D eigenvalue weighted by molar-refractivity contribution is 0.0437. The van der Waals surface area contributed by atoms with Gasteiger partial charge in [0.05, 0.1) is 19.2 Å². The van der Waals surface area contributed by atoms with E-state index in [1.165, 1.54) is 7.11 Å². The van der Waals surface area contributed by atoms with E-state index in [0.717, 1.165) is 22.2 Å². The first kappa shape index (κ1) is 19.6. The van der Waals surface area contributed by atoms with Crippen LogP contribution in [0.2, 0.25) is 0 Å². The topological polar surface area (TPSA) is 78.1 Å². The van der Waals surface area contributed by atoms with E-state index in [1.807, 2.05) is 12.1 Å². The Morgan fingerprint density at radius 1 is 1.30 bits per heavy atom. The van der Waals surface area contributed by atoms with E-state index >= 15 is 0 Å². The maximum Gasteiger partial charge on any atom is 0.374 e. The number of nitrogens with zero attached hydrogens (tertiary/aromatic N) is 1. The number of esters is 2. The molecule has 0 bridgehead atoms. The van der Waals surface area contributed by atoms with Crippen molar-refractivity contribution in [3.63, 3.8) is 0 Å². The smallest absolute Gasteiger partial charge is 0.374 e. The van der Waals surface area contributed by atoms with Crippen LogP contribution in [0.1, 0.15) is 37.8 Å². The molecular formula is C19H19NO5S2. The summed E-state index contributed by atoms with van der Waals surface area (Å²) < 4.78 is 16.5. The van der Waals surface area contributed by atoms with E-state index in [-0.39, 0.29) is 12.4 Å². The molecule has 3 rings (SSSR count). The van der Waals surface area contributed by atoms with Gasteiger partial charge in [0.15, 0.2) is 0 Å². The van der Waals surface area contributed by atoms with E-state index in [9.17, 15) is 9.59 Å². The van der Waals surface area contributed by atoms with Crippen LogP contribution in [0.4, 0.5) is 0 Å². The van der Waals surface area contributed by atoms with Crippen molar-refractivity contribution >= 4 is 39.8 Å². The molecule has 0 saturated heterocycles. The Hall–Kier alpha value is -2.19. The van der Waals surface area contributed by atoms with Gasteiger partial charge < -0.3 is 13.9 Å². The fraction of sp³-hybridized carbons (Fsp3) is 0.316. The normalized spacial score (nSPS) is 13.3. The zero-order valence-electron chi connectivity index (χ0n) is 15.0. The number of aliphatic imine (C=N–C) groups is 1. The summed E-state index contributed by atoms with van der Waals surface area (Å²) in [5.41, 5.74) is 2.05. The first-order valence-electron chi connectivity index (χ1n) is 8.31. The standard InChI is InChI=1S/C19H19NO5S2/c1-12-9-14(25-16(12)18(22)23-2)10-24-17(21)15-6-4-3-5-13(15)11-27-19-20-7-8-26-19/h3-6,9H,7-8,10-11H2,1-2H3. The van der Waals surface area contributed by atoms with Gasteiger partial charge in [-0.1, -0.05) is 41.7 Å². The third-order valence-corrected chi connectivity index (χ3v) is 6.13. The van der Waals surface area contributed by atoms with Crippen molar-refractivity contribution < 1.29 is 23.5 Å². The molecule has 0 saturated carbocycles. The van der Waals surface area contributed by atoms with Crippen molar-refractivity contribution in [2.75, 3.05) is 19.4 Å². The lowest BCUT2D eigenvalue weighted by Gasteiger charge is -2.08. The summed E-state index contributed by atoms with van der Waals surface area (Å²) in [5, 5.41) is 0.